The molecule has 3 heterocycles. The van der Waals surface area contributed by atoms with Gasteiger partial charge in [-0.05, 0) is 38.0 Å². The van der Waals surface area contributed by atoms with E-state index in [1.807, 2.05) is 13.0 Å². The first-order valence-electron chi connectivity index (χ1n) is 8.05. The summed E-state index contributed by atoms with van der Waals surface area (Å²) in [4.78, 5) is 7.21. The van der Waals surface area contributed by atoms with Crippen molar-refractivity contribution < 1.29 is 8.42 Å². The Hall–Kier alpha value is -2.35. The zero-order valence-corrected chi connectivity index (χ0v) is 14.2. The molecule has 7 nitrogen and oxygen atoms in total. The maximum atomic E-state index is 12.9. The van der Waals surface area contributed by atoms with Crippen LogP contribution < -0.4 is 4.72 Å². The average molecular weight is 345 g/mol. The first-order chi connectivity index (χ1) is 11.5. The molecule has 0 aromatic carbocycles. The van der Waals surface area contributed by atoms with E-state index in [-0.39, 0.29) is 11.1 Å². The fourth-order valence-corrected chi connectivity index (χ4v) is 4.60. The van der Waals surface area contributed by atoms with Crippen LogP contribution in [0.2, 0.25) is 0 Å². The van der Waals surface area contributed by atoms with E-state index < -0.39 is 10.0 Å². The molecule has 0 spiro atoms. The summed E-state index contributed by atoms with van der Waals surface area (Å²) in [5, 5.41) is 5.50. The molecule has 3 aromatic heterocycles. The maximum Gasteiger partial charge on any atom is 0.279 e. The Morgan fingerprint density at radius 2 is 2.08 bits per heavy atom. The third-order valence-corrected chi connectivity index (χ3v) is 5.78. The second kappa shape index (κ2) is 5.62. The number of rotatable bonds is 4. The van der Waals surface area contributed by atoms with Crippen LogP contribution in [-0.2, 0) is 10.0 Å². The number of nitrogens with zero attached hydrogens (tertiary/aromatic N) is 3. The Bertz CT molecular complexity index is 983. The molecule has 1 saturated carbocycles. The average Bonchev–Trinajstić information content (AvgIpc) is 3.25. The highest BCUT2D eigenvalue weighted by molar-refractivity contribution is 7.92. The first kappa shape index (κ1) is 15.2. The number of H-pyrrole nitrogens is 1. The molecule has 1 aliphatic carbocycles. The van der Waals surface area contributed by atoms with Crippen molar-refractivity contribution in [2.24, 2.45) is 0 Å². The molecule has 0 unspecified atom stereocenters. The Morgan fingerprint density at radius 3 is 2.88 bits per heavy atom. The molecule has 0 saturated heterocycles. The van der Waals surface area contributed by atoms with Gasteiger partial charge in [0.05, 0.1) is 23.6 Å². The van der Waals surface area contributed by atoms with Crippen molar-refractivity contribution in [1.82, 2.24) is 19.7 Å². The molecule has 0 amide bonds. The fraction of sp³-hybridized carbons (Fsp3) is 0.375. The molecule has 2 N–H and O–H groups in total. The van der Waals surface area contributed by atoms with E-state index in [1.54, 1.807) is 23.0 Å². The number of pyridine rings is 1. The highest BCUT2D eigenvalue weighted by Gasteiger charge is 2.27. The second-order valence-corrected chi connectivity index (χ2v) is 7.88. The number of fused-ring (bicyclic) bond motifs is 1. The quantitative estimate of drug-likeness (QED) is 0.760. The third kappa shape index (κ3) is 2.66. The van der Waals surface area contributed by atoms with E-state index in [2.05, 4.69) is 19.8 Å². The van der Waals surface area contributed by atoms with Gasteiger partial charge in [0.2, 0.25) is 0 Å². The summed E-state index contributed by atoms with van der Waals surface area (Å²) in [7, 11) is -3.71. The van der Waals surface area contributed by atoms with Gasteiger partial charge in [-0.15, -0.1) is 0 Å². The van der Waals surface area contributed by atoms with Crippen molar-refractivity contribution in [1.29, 1.82) is 0 Å². The van der Waals surface area contributed by atoms with Crippen LogP contribution in [0.1, 0.15) is 37.4 Å². The second-order valence-electron chi connectivity index (χ2n) is 6.25. The number of hydrogen-bond donors (Lipinski definition) is 2. The van der Waals surface area contributed by atoms with Crippen LogP contribution in [0.4, 0.5) is 5.69 Å². The molecule has 24 heavy (non-hydrogen) atoms. The molecule has 8 heteroatoms. The van der Waals surface area contributed by atoms with Gasteiger partial charge < -0.3 is 4.98 Å². The minimum Gasteiger partial charge on any atom is -0.346 e. The van der Waals surface area contributed by atoms with Gasteiger partial charge in [-0.25, -0.2) is 9.67 Å². The largest absolute Gasteiger partial charge is 0.346 e. The van der Waals surface area contributed by atoms with Crippen LogP contribution in [0.15, 0.2) is 35.6 Å². The van der Waals surface area contributed by atoms with Gasteiger partial charge in [0, 0.05) is 11.6 Å². The van der Waals surface area contributed by atoms with Crippen LogP contribution in [0.3, 0.4) is 0 Å². The first-order valence-corrected chi connectivity index (χ1v) is 9.53. The topological polar surface area (TPSA) is 92.7 Å². The number of aromatic amines is 1. The summed E-state index contributed by atoms with van der Waals surface area (Å²) < 4.78 is 30.0. The Balaban J connectivity index is 1.69. The van der Waals surface area contributed by atoms with E-state index >= 15 is 0 Å². The summed E-state index contributed by atoms with van der Waals surface area (Å²) in [6.45, 7) is 1.82. The van der Waals surface area contributed by atoms with Crippen LogP contribution >= 0.6 is 0 Å². The van der Waals surface area contributed by atoms with Crippen molar-refractivity contribution in [3.05, 3.63) is 36.3 Å². The Labute approximate surface area is 140 Å². The predicted molar refractivity (Wildman–Crippen MR) is 91.4 cm³/mol. The van der Waals surface area contributed by atoms with Gasteiger partial charge in [-0.1, -0.05) is 12.8 Å². The number of anilines is 1. The summed E-state index contributed by atoms with van der Waals surface area (Å²) in [5.74, 6) is 0. The Kier molecular flexibility index (Phi) is 3.56. The van der Waals surface area contributed by atoms with E-state index in [9.17, 15) is 8.42 Å². The fourth-order valence-electron chi connectivity index (χ4n) is 3.31. The molecule has 4 rings (SSSR count). The number of nitrogens with one attached hydrogen (secondary N) is 2. The van der Waals surface area contributed by atoms with Gasteiger partial charge >= 0.3 is 0 Å². The Morgan fingerprint density at radius 1 is 1.29 bits per heavy atom. The molecule has 1 aliphatic rings. The summed E-state index contributed by atoms with van der Waals surface area (Å²) in [6, 6.07) is 5.41. The van der Waals surface area contributed by atoms with E-state index in [0.29, 0.717) is 11.4 Å². The van der Waals surface area contributed by atoms with Crippen LogP contribution in [0.25, 0.3) is 11.0 Å². The number of aryl methyl sites for hydroxylation is 1. The SMILES string of the molecule is Cc1cc(S(=O)(=O)Nc2cnc3[nH]ccc3c2)n(C2CCCC2)n1. The predicted octanol–water partition coefficient (Wildman–Crippen LogP) is 2.98. The van der Waals surface area contributed by atoms with Crippen molar-refractivity contribution in [2.45, 2.75) is 43.7 Å². The minimum absolute atomic E-state index is 0.163. The lowest BCUT2D eigenvalue weighted by molar-refractivity contribution is 0.426. The van der Waals surface area contributed by atoms with Crippen molar-refractivity contribution >= 4 is 26.7 Å². The molecule has 0 bridgehead atoms. The molecule has 1 fully saturated rings. The normalized spacial score (nSPS) is 16.0. The highest BCUT2D eigenvalue weighted by Crippen LogP contribution is 2.32. The molecular formula is C16H19N5O2S. The zero-order chi connectivity index (χ0) is 16.7. The number of aromatic nitrogens is 4. The smallest absolute Gasteiger partial charge is 0.279 e. The van der Waals surface area contributed by atoms with Gasteiger partial charge in [0.15, 0.2) is 5.03 Å². The minimum atomic E-state index is -3.71. The number of hydrogen-bond acceptors (Lipinski definition) is 4. The van der Waals surface area contributed by atoms with Gasteiger partial charge in [0.1, 0.15) is 5.65 Å². The molecule has 126 valence electrons. The summed E-state index contributed by atoms with van der Waals surface area (Å²) >= 11 is 0. The van der Waals surface area contributed by atoms with Gasteiger partial charge in [-0.2, -0.15) is 13.5 Å². The van der Waals surface area contributed by atoms with E-state index in [4.69, 9.17) is 0 Å². The molecular weight excluding hydrogens is 326 g/mol. The van der Waals surface area contributed by atoms with Crippen LogP contribution in [0.5, 0.6) is 0 Å². The van der Waals surface area contributed by atoms with Crippen LogP contribution in [0, 0.1) is 6.92 Å². The standard InChI is InChI=1S/C16H19N5O2S/c1-11-8-15(21(19-11)14-4-2-3-5-14)24(22,23)20-13-9-12-6-7-17-16(12)18-10-13/h6-10,14,20H,2-5H2,1H3,(H,17,18). The summed E-state index contributed by atoms with van der Waals surface area (Å²) in [6.07, 6.45) is 7.46. The molecule has 0 aliphatic heterocycles. The zero-order valence-electron chi connectivity index (χ0n) is 13.4. The monoisotopic (exact) mass is 345 g/mol. The molecule has 0 atom stereocenters. The highest BCUT2D eigenvalue weighted by atomic mass is 32.2. The number of sulfonamides is 1. The van der Waals surface area contributed by atoms with Gasteiger partial charge in [-0.3, -0.25) is 4.72 Å². The lowest BCUT2D eigenvalue weighted by Crippen LogP contribution is -2.20. The summed E-state index contributed by atoms with van der Waals surface area (Å²) in [5.41, 5.74) is 1.88. The van der Waals surface area contributed by atoms with Gasteiger partial charge in [0.25, 0.3) is 10.0 Å². The molecule has 3 aromatic rings. The van der Waals surface area contributed by atoms with Crippen molar-refractivity contribution in [2.75, 3.05) is 4.72 Å². The molecule has 0 radical (unpaired) electrons. The van der Waals surface area contributed by atoms with Crippen molar-refractivity contribution in [3.63, 3.8) is 0 Å². The van der Waals surface area contributed by atoms with Crippen molar-refractivity contribution in [3.8, 4) is 0 Å². The lowest BCUT2D eigenvalue weighted by atomic mass is 10.3. The lowest BCUT2D eigenvalue weighted by Gasteiger charge is -2.15. The third-order valence-electron chi connectivity index (χ3n) is 4.42. The van der Waals surface area contributed by atoms with Crippen LogP contribution in [-0.4, -0.2) is 28.2 Å². The maximum absolute atomic E-state index is 12.9. The van der Waals surface area contributed by atoms with E-state index in [1.165, 1.54) is 6.20 Å². The van der Waals surface area contributed by atoms with E-state index in [0.717, 1.165) is 36.7 Å².